The number of nitrogens with zero attached hydrogens (tertiary/aromatic N) is 1. The Balaban J connectivity index is 0. The quantitative estimate of drug-likeness (QED) is 0.303. The molecule has 0 rings (SSSR count). The van der Waals surface area contributed by atoms with E-state index in [1.165, 1.54) is 6.42 Å². The van der Waals surface area contributed by atoms with E-state index < -0.39 is 0 Å². The molecular weight excluding hydrogens is 329 g/mol. The SMILES string of the molecule is CCNC(=NCCCOC)NCCC(C)C.I. The van der Waals surface area contributed by atoms with Gasteiger partial charge in [0.15, 0.2) is 5.96 Å². The van der Waals surface area contributed by atoms with Crippen LogP contribution in [0.4, 0.5) is 0 Å². The van der Waals surface area contributed by atoms with Crippen molar-refractivity contribution in [2.45, 2.75) is 33.6 Å². The first-order valence-corrected chi connectivity index (χ1v) is 6.21. The Morgan fingerprint density at radius 3 is 2.53 bits per heavy atom. The Labute approximate surface area is 123 Å². The maximum atomic E-state index is 4.99. The van der Waals surface area contributed by atoms with E-state index in [0.717, 1.165) is 44.5 Å². The third-order valence-corrected chi connectivity index (χ3v) is 2.13. The van der Waals surface area contributed by atoms with Crippen LogP contribution in [0.2, 0.25) is 0 Å². The summed E-state index contributed by atoms with van der Waals surface area (Å²) in [5.74, 6) is 1.64. The van der Waals surface area contributed by atoms with Crippen molar-refractivity contribution in [2.75, 3.05) is 33.4 Å². The Morgan fingerprint density at radius 1 is 1.29 bits per heavy atom. The molecule has 0 aliphatic rings. The van der Waals surface area contributed by atoms with Gasteiger partial charge in [0.2, 0.25) is 0 Å². The smallest absolute Gasteiger partial charge is 0.191 e. The Kier molecular flexibility index (Phi) is 15.9. The average Bonchev–Trinajstić information content (AvgIpc) is 2.23. The number of guanidine groups is 1. The van der Waals surface area contributed by atoms with Gasteiger partial charge in [-0.05, 0) is 25.7 Å². The number of aliphatic imine (C=N–C) groups is 1. The van der Waals surface area contributed by atoms with Gasteiger partial charge in [-0.2, -0.15) is 0 Å². The summed E-state index contributed by atoms with van der Waals surface area (Å²) in [6.45, 7) is 9.99. The van der Waals surface area contributed by atoms with Crippen molar-refractivity contribution in [3.05, 3.63) is 0 Å². The monoisotopic (exact) mass is 357 g/mol. The van der Waals surface area contributed by atoms with Gasteiger partial charge in [-0.3, -0.25) is 4.99 Å². The first-order chi connectivity index (χ1) is 7.70. The van der Waals surface area contributed by atoms with Crippen LogP contribution in [0, 0.1) is 5.92 Å². The largest absolute Gasteiger partial charge is 0.385 e. The Morgan fingerprint density at radius 2 is 2.00 bits per heavy atom. The second-order valence-electron chi connectivity index (χ2n) is 4.22. The topological polar surface area (TPSA) is 45.7 Å². The summed E-state index contributed by atoms with van der Waals surface area (Å²) in [5, 5.41) is 6.56. The summed E-state index contributed by atoms with van der Waals surface area (Å²) in [5.41, 5.74) is 0. The number of rotatable bonds is 8. The van der Waals surface area contributed by atoms with Crippen LogP contribution in [0.5, 0.6) is 0 Å². The van der Waals surface area contributed by atoms with Crippen molar-refractivity contribution >= 4 is 29.9 Å². The minimum atomic E-state index is 0. The van der Waals surface area contributed by atoms with E-state index in [1.54, 1.807) is 7.11 Å². The first kappa shape index (κ1) is 19.3. The van der Waals surface area contributed by atoms with Crippen molar-refractivity contribution in [1.82, 2.24) is 10.6 Å². The van der Waals surface area contributed by atoms with Gasteiger partial charge >= 0.3 is 0 Å². The molecule has 4 nitrogen and oxygen atoms in total. The summed E-state index contributed by atoms with van der Waals surface area (Å²) in [6, 6.07) is 0. The van der Waals surface area contributed by atoms with Gasteiger partial charge in [-0.15, -0.1) is 24.0 Å². The molecule has 0 saturated heterocycles. The van der Waals surface area contributed by atoms with Gasteiger partial charge in [0.1, 0.15) is 0 Å². The van der Waals surface area contributed by atoms with Crippen LogP contribution in [0.3, 0.4) is 0 Å². The number of halogens is 1. The molecular formula is C12H28IN3O. The number of ether oxygens (including phenoxy) is 1. The molecule has 104 valence electrons. The van der Waals surface area contributed by atoms with Gasteiger partial charge in [0.25, 0.3) is 0 Å². The Bertz CT molecular complexity index is 187. The highest BCUT2D eigenvalue weighted by Crippen LogP contribution is 1.96. The zero-order valence-electron chi connectivity index (χ0n) is 11.6. The fourth-order valence-electron chi connectivity index (χ4n) is 1.22. The zero-order chi connectivity index (χ0) is 12.2. The van der Waals surface area contributed by atoms with E-state index in [1.807, 2.05) is 0 Å². The molecule has 0 bridgehead atoms. The summed E-state index contributed by atoms with van der Waals surface area (Å²) in [6.07, 6.45) is 2.14. The van der Waals surface area contributed by atoms with Crippen LogP contribution in [-0.4, -0.2) is 39.3 Å². The number of hydrogen-bond donors (Lipinski definition) is 2. The van der Waals surface area contributed by atoms with Crippen molar-refractivity contribution in [3.63, 3.8) is 0 Å². The van der Waals surface area contributed by atoms with E-state index >= 15 is 0 Å². The predicted octanol–water partition coefficient (Wildman–Crippen LogP) is 2.24. The molecule has 0 aromatic carbocycles. The molecule has 2 N–H and O–H groups in total. The fourth-order valence-corrected chi connectivity index (χ4v) is 1.22. The van der Waals surface area contributed by atoms with Crippen LogP contribution in [0.1, 0.15) is 33.6 Å². The zero-order valence-corrected chi connectivity index (χ0v) is 13.9. The average molecular weight is 357 g/mol. The molecule has 0 spiro atoms. The van der Waals surface area contributed by atoms with Gasteiger partial charge in [-0.1, -0.05) is 13.8 Å². The lowest BCUT2D eigenvalue weighted by Gasteiger charge is -2.12. The van der Waals surface area contributed by atoms with Crippen LogP contribution < -0.4 is 10.6 Å². The van der Waals surface area contributed by atoms with Crippen LogP contribution in [-0.2, 0) is 4.74 Å². The summed E-state index contributed by atoms with van der Waals surface area (Å²) < 4.78 is 4.99. The van der Waals surface area contributed by atoms with Gasteiger partial charge < -0.3 is 15.4 Å². The molecule has 0 aromatic rings. The normalized spacial score (nSPS) is 11.2. The van der Waals surface area contributed by atoms with Gasteiger partial charge in [-0.25, -0.2) is 0 Å². The molecule has 0 radical (unpaired) electrons. The lowest BCUT2D eigenvalue weighted by molar-refractivity contribution is 0.197. The highest BCUT2D eigenvalue weighted by Gasteiger charge is 1.97. The molecule has 0 aliphatic carbocycles. The Hall–Kier alpha value is -0.0400. The van der Waals surface area contributed by atoms with E-state index in [2.05, 4.69) is 36.4 Å². The third kappa shape index (κ3) is 13.9. The fraction of sp³-hybridized carbons (Fsp3) is 0.917. The van der Waals surface area contributed by atoms with Crippen LogP contribution >= 0.6 is 24.0 Å². The number of hydrogen-bond acceptors (Lipinski definition) is 2. The van der Waals surface area contributed by atoms with Crippen LogP contribution in [0.25, 0.3) is 0 Å². The summed E-state index contributed by atoms with van der Waals surface area (Å²) in [7, 11) is 1.72. The maximum absolute atomic E-state index is 4.99. The third-order valence-electron chi connectivity index (χ3n) is 2.13. The highest BCUT2D eigenvalue weighted by molar-refractivity contribution is 14.0. The summed E-state index contributed by atoms with van der Waals surface area (Å²) in [4.78, 5) is 4.46. The molecule has 17 heavy (non-hydrogen) atoms. The minimum Gasteiger partial charge on any atom is -0.385 e. The van der Waals surface area contributed by atoms with E-state index in [-0.39, 0.29) is 24.0 Å². The number of nitrogens with one attached hydrogen (secondary N) is 2. The van der Waals surface area contributed by atoms with E-state index in [9.17, 15) is 0 Å². The van der Waals surface area contributed by atoms with E-state index in [4.69, 9.17) is 4.74 Å². The second kappa shape index (κ2) is 14.0. The minimum absolute atomic E-state index is 0. The van der Waals surface area contributed by atoms with Crippen LogP contribution in [0.15, 0.2) is 4.99 Å². The summed E-state index contributed by atoms with van der Waals surface area (Å²) >= 11 is 0. The molecule has 0 heterocycles. The highest BCUT2D eigenvalue weighted by atomic mass is 127. The molecule has 0 atom stereocenters. The maximum Gasteiger partial charge on any atom is 0.191 e. The molecule has 0 unspecified atom stereocenters. The molecule has 0 aromatic heterocycles. The molecule has 0 amide bonds. The van der Waals surface area contributed by atoms with Crippen molar-refractivity contribution in [1.29, 1.82) is 0 Å². The standard InChI is InChI=1S/C12H27N3O.HI/c1-5-13-12(14-8-6-10-16-4)15-9-7-11(2)3;/h11H,5-10H2,1-4H3,(H2,13,14,15);1H. The van der Waals surface area contributed by atoms with Gasteiger partial charge in [0, 0.05) is 33.4 Å². The number of methoxy groups -OCH3 is 1. The van der Waals surface area contributed by atoms with Crippen molar-refractivity contribution in [2.24, 2.45) is 10.9 Å². The molecule has 5 heteroatoms. The van der Waals surface area contributed by atoms with Gasteiger partial charge in [0.05, 0.1) is 0 Å². The first-order valence-electron chi connectivity index (χ1n) is 6.21. The molecule has 0 aliphatic heterocycles. The molecule has 0 saturated carbocycles. The predicted molar refractivity (Wildman–Crippen MR) is 85.3 cm³/mol. The lowest BCUT2D eigenvalue weighted by atomic mass is 10.1. The second-order valence-corrected chi connectivity index (χ2v) is 4.22. The van der Waals surface area contributed by atoms with E-state index in [0.29, 0.717) is 0 Å². The lowest BCUT2D eigenvalue weighted by Crippen LogP contribution is -2.38. The van der Waals surface area contributed by atoms with Crippen molar-refractivity contribution in [3.8, 4) is 0 Å². The molecule has 0 fully saturated rings. The van der Waals surface area contributed by atoms with Crippen molar-refractivity contribution < 1.29 is 4.74 Å².